The average molecular weight is 487 g/mol. The van der Waals surface area contributed by atoms with Gasteiger partial charge in [-0.2, -0.15) is 0 Å². The molecule has 184 valence electrons. The molecule has 9 heteroatoms. The smallest absolute Gasteiger partial charge is 0.335 e. The van der Waals surface area contributed by atoms with Crippen LogP contribution >= 0.6 is 0 Å². The number of aryl methyl sites for hydroxylation is 1. The lowest BCUT2D eigenvalue weighted by Gasteiger charge is -2.09. The second-order valence-electron chi connectivity index (χ2n) is 8.18. The number of nitrogens with zero attached hydrogens (tertiary/aromatic N) is 3. The van der Waals surface area contributed by atoms with Crippen molar-refractivity contribution < 1.29 is 14.6 Å². The van der Waals surface area contributed by atoms with Crippen molar-refractivity contribution in [2.24, 2.45) is 0 Å². The van der Waals surface area contributed by atoms with Gasteiger partial charge in [-0.1, -0.05) is 31.8 Å². The van der Waals surface area contributed by atoms with Crippen molar-refractivity contribution in [3.63, 3.8) is 0 Å². The summed E-state index contributed by atoms with van der Waals surface area (Å²) in [6.45, 7) is 4.84. The Morgan fingerprint density at radius 1 is 1.06 bits per heavy atom. The Kier molecular flexibility index (Phi) is 7.35. The lowest BCUT2D eigenvalue weighted by molar-refractivity contribution is 0.0697. The molecule has 2 N–H and O–H groups in total. The minimum absolute atomic E-state index is 0.127. The number of nitrogens with one attached hydrogen (secondary N) is 1. The predicted molar refractivity (Wildman–Crippen MR) is 136 cm³/mol. The molecule has 0 saturated heterocycles. The molecular weight excluding hydrogens is 460 g/mol. The molecule has 9 nitrogen and oxygen atoms in total. The number of benzene rings is 2. The van der Waals surface area contributed by atoms with Crippen molar-refractivity contribution in [2.75, 3.05) is 6.61 Å². The van der Waals surface area contributed by atoms with Gasteiger partial charge in [0.2, 0.25) is 0 Å². The van der Waals surface area contributed by atoms with Crippen LogP contribution < -0.4 is 16.0 Å². The highest BCUT2D eigenvalue weighted by Crippen LogP contribution is 2.21. The van der Waals surface area contributed by atoms with E-state index in [1.165, 1.54) is 16.7 Å². The van der Waals surface area contributed by atoms with Crippen LogP contribution in [-0.2, 0) is 13.1 Å². The number of H-pyrrole nitrogens is 1. The van der Waals surface area contributed by atoms with E-state index in [2.05, 4.69) is 21.8 Å². The molecule has 0 unspecified atom stereocenters. The maximum atomic E-state index is 12.9. The fourth-order valence-corrected chi connectivity index (χ4v) is 3.85. The van der Waals surface area contributed by atoms with Gasteiger partial charge in [-0.15, -0.1) is 0 Å². The number of carboxylic acids is 1. The van der Waals surface area contributed by atoms with E-state index < -0.39 is 5.97 Å². The topological polar surface area (TPSA) is 119 Å². The number of aromatic amines is 1. The van der Waals surface area contributed by atoms with Crippen LogP contribution in [0.5, 0.6) is 5.75 Å². The Balaban J connectivity index is 1.54. The van der Waals surface area contributed by atoms with E-state index in [9.17, 15) is 14.4 Å². The fraction of sp³-hybridized carbons (Fsp3) is 0.259. The summed E-state index contributed by atoms with van der Waals surface area (Å²) in [4.78, 5) is 44.5. The molecule has 2 aromatic carbocycles. The highest BCUT2D eigenvalue weighted by Gasteiger charge is 2.17. The quantitative estimate of drug-likeness (QED) is 0.368. The number of fused-ring (bicyclic) bond motifs is 1. The molecule has 4 rings (SSSR count). The van der Waals surface area contributed by atoms with Crippen molar-refractivity contribution in [1.29, 1.82) is 0 Å². The monoisotopic (exact) mass is 486 g/mol. The summed E-state index contributed by atoms with van der Waals surface area (Å²) < 4.78 is 8.47. The molecule has 0 amide bonds. The Hall–Kier alpha value is -4.58. The van der Waals surface area contributed by atoms with Crippen LogP contribution in [0.1, 0.15) is 42.6 Å². The van der Waals surface area contributed by atoms with Gasteiger partial charge in [-0.25, -0.2) is 14.6 Å². The summed E-state index contributed by atoms with van der Waals surface area (Å²) in [7, 11) is 0. The molecule has 4 aromatic rings. The molecule has 0 aliphatic rings. The summed E-state index contributed by atoms with van der Waals surface area (Å²) in [6, 6.07) is 13.6. The summed E-state index contributed by atoms with van der Waals surface area (Å²) >= 11 is 0. The maximum absolute atomic E-state index is 12.9. The van der Waals surface area contributed by atoms with Gasteiger partial charge >= 0.3 is 11.7 Å². The summed E-state index contributed by atoms with van der Waals surface area (Å²) in [5.74, 6) is 5.85. The minimum atomic E-state index is -1.00. The lowest BCUT2D eigenvalue weighted by Crippen LogP contribution is -2.40. The summed E-state index contributed by atoms with van der Waals surface area (Å²) in [5.41, 5.74) is 1.49. The molecule has 36 heavy (non-hydrogen) atoms. The van der Waals surface area contributed by atoms with E-state index >= 15 is 0 Å². The Bertz CT molecular complexity index is 1580. The maximum Gasteiger partial charge on any atom is 0.335 e. The molecule has 2 aromatic heterocycles. The first-order chi connectivity index (χ1) is 17.4. The molecule has 2 heterocycles. The number of aromatic carboxylic acids is 1. The van der Waals surface area contributed by atoms with E-state index in [-0.39, 0.29) is 23.4 Å². The summed E-state index contributed by atoms with van der Waals surface area (Å²) in [5, 5.41) is 9.06. The first kappa shape index (κ1) is 24.5. The van der Waals surface area contributed by atoms with E-state index in [0.29, 0.717) is 47.8 Å². The second kappa shape index (κ2) is 10.8. The Morgan fingerprint density at radius 2 is 1.78 bits per heavy atom. The van der Waals surface area contributed by atoms with Crippen molar-refractivity contribution in [1.82, 2.24) is 19.1 Å². The Morgan fingerprint density at radius 3 is 2.47 bits per heavy atom. The number of hydrogen-bond donors (Lipinski definition) is 2. The number of carboxylic acid groups (broad SMARTS) is 1. The molecule has 0 saturated carbocycles. The predicted octanol–water partition coefficient (Wildman–Crippen LogP) is 3.50. The van der Waals surface area contributed by atoms with Crippen LogP contribution in [0.2, 0.25) is 0 Å². The number of imidazole rings is 1. The molecule has 0 spiro atoms. The molecule has 0 aliphatic carbocycles. The molecular formula is C27H26N4O5. The largest absolute Gasteiger partial charge is 0.481 e. The molecule has 0 aliphatic heterocycles. The molecule has 0 radical (unpaired) electrons. The fourth-order valence-electron chi connectivity index (χ4n) is 3.85. The Labute approximate surface area is 207 Å². The molecule has 0 atom stereocenters. The minimum Gasteiger partial charge on any atom is -0.481 e. The number of hydrogen-bond acceptors (Lipinski definition) is 5. The first-order valence-corrected chi connectivity index (χ1v) is 11.7. The van der Waals surface area contributed by atoms with E-state index in [0.717, 1.165) is 12.0 Å². The third-order valence-electron chi connectivity index (χ3n) is 5.54. The van der Waals surface area contributed by atoms with Crippen molar-refractivity contribution in [3.05, 3.63) is 80.5 Å². The highest BCUT2D eigenvalue weighted by atomic mass is 16.5. The number of carbonyl (C=O) groups is 1. The highest BCUT2D eigenvalue weighted by molar-refractivity contribution is 5.88. The van der Waals surface area contributed by atoms with Crippen LogP contribution in [0.3, 0.4) is 0 Å². The van der Waals surface area contributed by atoms with Gasteiger partial charge in [0.1, 0.15) is 23.7 Å². The van der Waals surface area contributed by atoms with Crippen LogP contribution in [0.15, 0.2) is 58.1 Å². The van der Waals surface area contributed by atoms with Crippen molar-refractivity contribution >= 4 is 17.1 Å². The first-order valence-electron chi connectivity index (χ1n) is 11.7. The van der Waals surface area contributed by atoms with Crippen LogP contribution in [0.4, 0.5) is 0 Å². The van der Waals surface area contributed by atoms with Gasteiger partial charge in [0, 0.05) is 24.2 Å². The van der Waals surface area contributed by atoms with Gasteiger partial charge in [-0.05, 0) is 55.3 Å². The van der Waals surface area contributed by atoms with Gasteiger partial charge < -0.3 is 14.8 Å². The summed E-state index contributed by atoms with van der Waals surface area (Å²) in [6.07, 6.45) is 1.41. The molecule has 0 fully saturated rings. The lowest BCUT2D eigenvalue weighted by atomic mass is 10.1. The number of aromatic nitrogens is 4. The van der Waals surface area contributed by atoms with Crippen LogP contribution in [-0.4, -0.2) is 36.8 Å². The third-order valence-corrected chi connectivity index (χ3v) is 5.54. The van der Waals surface area contributed by atoms with Gasteiger partial charge in [0.25, 0.3) is 5.56 Å². The van der Waals surface area contributed by atoms with Crippen molar-refractivity contribution in [2.45, 2.75) is 39.8 Å². The molecule has 0 bridgehead atoms. The van der Waals surface area contributed by atoms with Gasteiger partial charge in [0.15, 0.2) is 5.65 Å². The van der Waals surface area contributed by atoms with E-state index in [4.69, 9.17) is 9.84 Å². The zero-order chi connectivity index (χ0) is 25.7. The van der Waals surface area contributed by atoms with Crippen LogP contribution in [0, 0.1) is 11.8 Å². The number of ether oxygens (including phenoxy) is 1. The van der Waals surface area contributed by atoms with Crippen LogP contribution in [0.25, 0.3) is 22.6 Å². The van der Waals surface area contributed by atoms with Crippen molar-refractivity contribution in [3.8, 4) is 29.0 Å². The van der Waals surface area contributed by atoms with Gasteiger partial charge in [0.05, 0.1) is 5.56 Å². The zero-order valence-electron chi connectivity index (χ0n) is 20.1. The van der Waals surface area contributed by atoms with E-state index in [1.807, 2.05) is 26.0 Å². The normalized spacial score (nSPS) is 10.7. The van der Waals surface area contributed by atoms with Gasteiger partial charge in [-0.3, -0.25) is 13.9 Å². The SMILES string of the molecule is CCCn1c(=O)c2[nH]c(-c3ccc(OCC#Cc4cccc(C(=O)O)c4)cc3)nc2n(CCC)c1=O. The second-order valence-corrected chi connectivity index (χ2v) is 8.18. The standard InChI is InChI=1S/C27H26N4O5/c1-3-14-30-24-22(25(32)31(15-4-2)27(30)35)28-23(29-24)19-10-12-21(13-11-19)36-16-6-8-18-7-5-9-20(17-18)26(33)34/h5,7,9-13,17H,3-4,14-16H2,1-2H3,(H,28,29)(H,33,34). The average Bonchev–Trinajstić information content (AvgIpc) is 3.33. The number of rotatable bonds is 8. The zero-order valence-corrected chi connectivity index (χ0v) is 20.1. The van der Waals surface area contributed by atoms with E-state index in [1.54, 1.807) is 28.8 Å². The third kappa shape index (κ3) is 5.08.